The molecule has 2 amide bonds. The number of esters is 2. The molecule has 1 heterocycles. The molecule has 0 spiro atoms. The summed E-state index contributed by atoms with van der Waals surface area (Å²) in [6.45, 7) is 12.7. The van der Waals surface area contributed by atoms with E-state index in [2.05, 4.69) is 17.3 Å². The lowest BCUT2D eigenvalue weighted by atomic mass is 9.84. The fourth-order valence-electron chi connectivity index (χ4n) is 3.59. The number of amides is 2. The first-order chi connectivity index (χ1) is 16.6. The van der Waals surface area contributed by atoms with E-state index in [4.69, 9.17) is 44.3 Å². The quantitative estimate of drug-likeness (QED) is 0.208. The minimum Gasteiger partial charge on any atom is -0.460 e. The minimum absolute atomic E-state index is 0.107. The van der Waals surface area contributed by atoms with Gasteiger partial charge in [0.2, 0.25) is 3.79 Å². The molecule has 0 unspecified atom stereocenters. The Hall–Kier alpha value is -1.55. The number of hydrazine groups is 1. The molecule has 0 aromatic rings. The van der Waals surface area contributed by atoms with Crippen LogP contribution >= 0.6 is 34.8 Å². The molecule has 9 nitrogen and oxygen atoms in total. The maximum absolute atomic E-state index is 12.9. The number of ether oxygens (including phenoxy) is 2. The Bertz CT molecular complexity index is 800. The monoisotopic (exact) mass is 569 g/mol. The summed E-state index contributed by atoms with van der Waals surface area (Å²) in [5.74, 6) is -2.46. The molecule has 1 aliphatic heterocycles. The Morgan fingerprint density at radius 3 is 2.39 bits per heavy atom. The van der Waals surface area contributed by atoms with Crippen molar-refractivity contribution in [2.75, 3.05) is 13.2 Å². The van der Waals surface area contributed by atoms with Crippen LogP contribution in [-0.2, 0) is 28.7 Å². The molecule has 12 heteroatoms. The standard InChI is InChI=1S/C24H38Cl3N3O6/c1-7-11-23(5,6)12-10-18(31)36-19(15(2)3)20(32)28-16(4)21(33)30-13-8-9-17(29-30)22(34)35-14-24(25,26)27/h7,15-17,19,29H,1,8-14H2,2-6H3,(H,28,32)/t16-,17-,19-/m0/s1. The van der Waals surface area contributed by atoms with Gasteiger partial charge >= 0.3 is 11.9 Å². The summed E-state index contributed by atoms with van der Waals surface area (Å²) < 4.78 is 8.72. The van der Waals surface area contributed by atoms with Crippen LogP contribution in [-0.4, -0.2) is 63.9 Å². The van der Waals surface area contributed by atoms with E-state index in [-0.39, 0.29) is 17.8 Å². The second-order valence-electron chi connectivity index (χ2n) is 10.1. The third kappa shape index (κ3) is 11.7. The van der Waals surface area contributed by atoms with Gasteiger partial charge < -0.3 is 14.8 Å². The summed E-state index contributed by atoms with van der Waals surface area (Å²) in [6, 6.07) is -1.74. The number of hydrogen-bond donors (Lipinski definition) is 2. The molecular weight excluding hydrogens is 533 g/mol. The molecule has 0 radical (unpaired) electrons. The van der Waals surface area contributed by atoms with Gasteiger partial charge in [0.15, 0.2) is 6.10 Å². The Morgan fingerprint density at radius 1 is 1.19 bits per heavy atom. The van der Waals surface area contributed by atoms with Crippen molar-refractivity contribution < 1.29 is 28.7 Å². The van der Waals surface area contributed by atoms with Crippen molar-refractivity contribution in [2.45, 2.75) is 88.7 Å². The van der Waals surface area contributed by atoms with Gasteiger partial charge in [-0.25, -0.2) is 5.43 Å². The van der Waals surface area contributed by atoms with E-state index in [0.717, 1.165) is 6.42 Å². The Labute approximate surface area is 228 Å². The molecule has 1 rings (SSSR count). The first-order valence-electron chi connectivity index (χ1n) is 12.0. The number of alkyl halides is 3. The minimum atomic E-state index is -1.74. The van der Waals surface area contributed by atoms with E-state index in [9.17, 15) is 19.2 Å². The molecule has 2 N–H and O–H groups in total. The topological polar surface area (TPSA) is 114 Å². The summed E-state index contributed by atoms with van der Waals surface area (Å²) in [5.41, 5.74) is 2.70. The van der Waals surface area contributed by atoms with Gasteiger partial charge in [-0.2, -0.15) is 0 Å². The summed E-state index contributed by atoms with van der Waals surface area (Å²) >= 11 is 16.8. The molecular formula is C24H38Cl3N3O6. The van der Waals surface area contributed by atoms with E-state index < -0.39 is 52.3 Å². The molecule has 0 aromatic heterocycles. The molecule has 0 bridgehead atoms. The highest BCUT2D eigenvalue weighted by Gasteiger charge is 2.34. The van der Waals surface area contributed by atoms with E-state index in [1.165, 1.54) is 11.9 Å². The SMILES string of the molecule is C=CCC(C)(C)CCC(=O)O[C@H](C(=O)N[C@@H](C)C(=O)N1CCC[C@@H](C(=O)OCC(Cl)(Cl)Cl)N1)C(C)C. The number of allylic oxidation sites excluding steroid dienone is 1. The van der Waals surface area contributed by atoms with Gasteiger partial charge in [0.1, 0.15) is 18.7 Å². The lowest BCUT2D eigenvalue weighted by Gasteiger charge is -2.34. The average Bonchev–Trinajstić information content (AvgIpc) is 2.78. The van der Waals surface area contributed by atoms with Gasteiger partial charge in [-0.15, -0.1) is 6.58 Å². The molecule has 1 fully saturated rings. The van der Waals surface area contributed by atoms with Crippen LogP contribution < -0.4 is 10.7 Å². The van der Waals surface area contributed by atoms with Crippen molar-refractivity contribution in [2.24, 2.45) is 11.3 Å². The fourth-order valence-corrected chi connectivity index (χ4v) is 3.75. The molecule has 206 valence electrons. The van der Waals surface area contributed by atoms with E-state index in [0.29, 0.717) is 25.8 Å². The van der Waals surface area contributed by atoms with Gasteiger partial charge in [0.25, 0.3) is 11.8 Å². The van der Waals surface area contributed by atoms with E-state index >= 15 is 0 Å². The second kappa shape index (κ2) is 14.4. The maximum Gasteiger partial charge on any atom is 0.325 e. The smallest absolute Gasteiger partial charge is 0.325 e. The first-order valence-corrected chi connectivity index (χ1v) is 13.1. The average molecular weight is 571 g/mol. The third-order valence-electron chi connectivity index (χ3n) is 5.67. The highest BCUT2D eigenvalue weighted by Crippen LogP contribution is 2.28. The molecule has 36 heavy (non-hydrogen) atoms. The zero-order valence-electron chi connectivity index (χ0n) is 21.6. The van der Waals surface area contributed by atoms with Crippen LogP contribution in [0.2, 0.25) is 0 Å². The van der Waals surface area contributed by atoms with Crippen molar-refractivity contribution in [3.8, 4) is 0 Å². The normalized spacial score (nSPS) is 18.2. The third-order valence-corrected chi connectivity index (χ3v) is 6.00. The van der Waals surface area contributed by atoms with Crippen molar-refractivity contribution >= 4 is 58.6 Å². The summed E-state index contributed by atoms with van der Waals surface area (Å²) in [7, 11) is 0. The van der Waals surface area contributed by atoms with Crippen LogP contribution in [0, 0.1) is 11.3 Å². The lowest BCUT2D eigenvalue weighted by Crippen LogP contribution is -2.60. The molecule has 1 aliphatic rings. The predicted octanol–water partition coefficient (Wildman–Crippen LogP) is 3.85. The second-order valence-corrected chi connectivity index (χ2v) is 12.6. The molecule has 1 saturated heterocycles. The zero-order chi connectivity index (χ0) is 27.7. The maximum atomic E-state index is 12.9. The van der Waals surface area contributed by atoms with Gasteiger partial charge in [-0.1, -0.05) is 68.6 Å². The number of carbonyl (C=O) groups excluding carboxylic acids is 4. The largest absolute Gasteiger partial charge is 0.460 e. The number of hydrogen-bond acceptors (Lipinski definition) is 7. The number of halogens is 3. The Kier molecular flexibility index (Phi) is 13.0. The molecule has 0 aliphatic carbocycles. The highest BCUT2D eigenvalue weighted by molar-refractivity contribution is 6.67. The van der Waals surface area contributed by atoms with Crippen LogP contribution in [0.1, 0.15) is 66.7 Å². The summed E-state index contributed by atoms with van der Waals surface area (Å²) in [5, 5.41) is 3.87. The van der Waals surface area contributed by atoms with Crippen LogP contribution in [0.4, 0.5) is 0 Å². The molecule has 0 saturated carbocycles. The number of rotatable bonds is 12. The van der Waals surface area contributed by atoms with Gasteiger partial charge in [0.05, 0.1) is 0 Å². The van der Waals surface area contributed by atoms with Crippen LogP contribution in [0.15, 0.2) is 12.7 Å². The first kappa shape index (κ1) is 32.5. The van der Waals surface area contributed by atoms with Crippen molar-refractivity contribution in [1.82, 2.24) is 15.8 Å². The van der Waals surface area contributed by atoms with Gasteiger partial charge in [-0.05, 0) is 43.9 Å². The van der Waals surface area contributed by atoms with E-state index in [1.54, 1.807) is 19.9 Å². The highest BCUT2D eigenvalue weighted by atomic mass is 35.6. The zero-order valence-corrected chi connectivity index (χ0v) is 23.8. The van der Waals surface area contributed by atoms with Crippen LogP contribution in [0.3, 0.4) is 0 Å². The van der Waals surface area contributed by atoms with Crippen molar-refractivity contribution in [3.05, 3.63) is 12.7 Å². The van der Waals surface area contributed by atoms with Crippen molar-refractivity contribution in [1.29, 1.82) is 0 Å². The molecule has 3 atom stereocenters. The molecule has 0 aromatic carbocycles. The Morgan fingerprint density at radius 2 is 1.83 bits per heavy atom. The predicted molar refractivity (Wildman–Crippen MR) is 139 cm³/mol. The van der Waals surface area contributed by atoms with Crippen LogP contribution in [0.25, 0.3) is 0 Å². The number of nitrogens with one attached hydrogen (secondary N) is 2. The van der Waals surface area contributed by atoms with Crippen LogP contribution in [0.5, 0.6) is 0 Å². The lowest BCUT2D eigenvalue weighted by molar-refractivity contribution is -0.160. The number of nitrogens with zero attached hydrogens (tertiary/aromatic N) is 1. The Balaban J connectivity index is 2.67. The summed E-state index contributed by atoms with van der Waals surface area (Å²) in [6.07, 6.45) is 3.23. The number of carbonyl (C=O) groups is 4. The van der Waals surface area contributed by atoms with Gasteiger partial charge in [-0.3, -0.25) is 24.2 Å². The van der Waals surface area contributed by atoms with Gasteiger partial charge in [0, 0.05) is 13.0 Å². The summed E-state index contributed by atoms with van der Waals surface area (Å²) in [4.78, 5) is 50.5. The van der Waals surface area contributed by atoms with E-state index in [1.807, 2.05) is 13.8 Å². The fraction of sp³-hybridized carbons (Fsp3) is 0.750. The van der Waals surface area contributed by atoms with Crippen molar-refractivity contribution in [3.63, 3.8) is 0 Å².